The summed E-state index contributed by atoms with van der Waals surface area (Å²) in [7, 11) is -3.83. The monoisotopic (exact) mass is 491 g/mol. The Morgan fingerprint density at radius 2 is 1.66 bits per heavy atom. The van der Waals surface area contributed by atoms with Crippen LogP contribution in [0.25, 0.3) is 27.9 Å². The van der Waals surface area contributed by atoms with Gasteiger partial charge in [-0.3, -0.25) is 9.59 Å². The Hall–Kier alpha value is -3.95. The predicted molar refractivity (Wildman–Crippen MR) is 137 cm³/mol. The van der Waals surface area contributed by atoms with Crippen LogP contribution >= 0.6 is 0 Å². The Balaban J connectivity index is 1.31. The lowest BCUT2D eigenvalue weighted by Crippen LogP contribution is -2.31. The van der Waals surface area contributed by atoms with Crippen LogP contribution in [0.4, 0.5) is 5.69 Å². The molecule has 0 aliphatic heterocycles. The fraction of sp³-hybridized carbons (Fsp3) is 0.154. The Kier molecular flexibility index (Phi) is 7.28. The van der Waals surface area contributed by atoms with Gasteiger partial charge in [-0.2, -0.15) is 0 Å². The van der Waals surface area contributed by atoms with Crippen molar-refractivity contribution in [3.05, 3.63) is 83.8 Å². The van der Waals surface area contributed by atoms with Gasteiger partial charge in [0.25, 0.3) is 5.91 Å². The van der Waals surface area contributed by atoms with Crippen molar-refractivity contribution in [1.82, 2.24) is 9.29 Å². The molecule has 35 heavy (non-hydrogen) atoms. The summed E-state index contributed by atoms with van der Waals surface area (Å²) < 4.78 is 33.3. The van der Waals surface area contributed by atoms with Crippen molar-refractivity contribution in [3.8, 4) is 0 Å². The van der Waals surface area contributed by atoms with Crippen LogP contribution in [0.5, 0.6) is 0 Å². The van der Waals surface area contributed by atoms with Gasteiger partial charge in [0.05, 0.1) is 0 Å². The number of hydrogen-bond acceptors (Lipinski definition) is 5. The van der Waals surface area contributed by atoms with Crippen molar-refractivity contribution < 1.29 is 22.7 Å². The highest BCUT2D eigenvalue weighted by atomic mass is 32.2. The molecule has 1 heterocycles. The molecule has 0 bridgehead atoms. The number of sulfonamides is 1. The molecule has 0 radical (unpaired) electrons. The van der Waals surface area contributed by atoms with Crippen molar-refractivity contribution in [2.45, 2.75) is 13.5 Å². The van der Waals surface area contributed by atoms with Gasteiger partial charge < -0.3 is 14.6 Å². The predicted octanol–water partition coefficient (Wildman–Crippen LogP) is 3.89. The van der Waals surface area contributed by atoms with Gasteiger partial charge in [-0.1, -0.05) is 48.5 Å². The lowest BCUT2D eigenvalue weighted by molar-refractivity contribution is -0.146. The minimum Gasteiger partial charge on any atom is -0.455 e. The molecule has 0 atom stereocenters. The van der Waals surface area contributed by atoms with Crippen molar-refractivity contribution in [2.24, 2.45) is 0 Å². The lowest BCUT2D eigenvalue weighted by atomic mass is 10.1. The number of esters is 1. The summed E-state index contributed by atoms with van der Waals surface area (Å²) in [4.78, 5) is 24.2. The van der Waals surface area contributed by atoms with Gasteiger partial charge in [-0.25, -0.2) is 13.1 Å². The first-order valence-corrected chi connectivity index (χ1v) is 12.6. The van der Waals surface area contributed by atoms with E-state index in [0.29, 0.717) is 11.3 Å². The number of para-hydroxylation sites is 1. The standard InChI is InChI=1S/C26H25N3O5S/c1-2-29-23-11-7-6-10-21(23)22-16-20(12-13-24(22)29)28-25(30)18-34-26(31)17-27-35(32,33)15-14-19-8-4-3-5-9-19/h3-16,27H,2,17-18H2,1H3,(H,28,30)/b15-14+. The molecule has 0 spiro atoms. The fourth-order valence-corrected chi connectivity index (χ4v) is 4.56. The number of rotatable bonds is 9. The summed E-state index contributed by atoms with van der Waals surface area (Å²) >= 11 is 0. The third-order valence-corrected chi connectivity index (χ3v) is 6.43. The largest absolute Gasteiger partial charge is 0.455 e. The summed E-state index contributed by atoms with van der Waals surface area (Å²) in [5.41, 5.74) is 3.45. The van der Waals surface area contributed by atoms with Gasteiger partial charge >= 0.3 is 5.97 Å². The number of hydrogen-bond donors (Lipinski definition) is 2. The highest BCUT2D eigenvalue weighted by Crippen LogP contribution is 2.30. The molecule has 0 aliphatic carbocycles. The van der Waals surface area contributed by atoms with Crippen molar-refractivity contribution >= 4 is 55.5 Å². The molecule has 4 rings (SSSR count). The first-order valence-electron chi connectivity index (χ1n) is 11.1. The van der Waals surface area contributed by atoms with Gasteiger partial charge in [-0.05, 0) is 42.8 Å². The average molecular weight is 492 g/mol. The number of amides is 1. The molecule has 0 saturated carbocycles. The van der Waals surface area contributed by atoms with Crippen molar-refractivity contribution in [2.75, 3.05) is 18.5 Å². The van der Waals surface area contributed by atoms with Crippen LogP contribution in [-0.2, 0) is 30.9 Å². The van der Waals surface area contributed by atoms with Gasteiger partial charge in [-0.15, -0.1) is 0 Å². The summed E-state index contributed by atoms with van der Waals surface area (Å²) in [6.45, 7) is 1.78. The maximum Gasteiger partial charge on any atom is 0.321 e. The fourth-order valence-electron chi connectivity index (χ4n) is 3.81. The molecule has 3 aromatic carbocycles. The van der Waals surface area contributed by atoms with E-state index in [1.165, 1.54) is 6.08 Å². The normalized spacial score (nSPS) is 11.8. The van der Waals surface area contributed by atoms with E-state index in [0.717, 1.165) is 33.8 Å². The molecule has 9 heteroatoms. The maximum absolute atomic E-state index is 12.3. The van der Waals surface area contributed by atoms with E-state index in [1.807, 2.05) is 36.4 Å². The van der Waals surface area contributed by atoms with Crippen LogP contribution in [-0.4, -0.2) is 38.0 Å². The molecular formula is C26H25N3O5S. The number of aryl methyl sites for hydroxylation is 1. The van der Waals surface area contributed by atoms with Crippen molar-refractivity contribution in [3.63, 3.8) is 0 Å². The van der Waals surface area contributed by atoms with E-state index >= 15 is 0 Å². The summed E-state index contributed by atoms with van der Waals surface area (Å²) in [6, 6.07) is 22.6. The molecule has 0 unspecified atom stereocenters. The quantitative estimate of drug-likeness (QED) is 0.346. The number of fused-ring (bicyclic) bond motifs is 3. The molecule has 2 N–H and O–H groups in total. The number of carbonyl (C=O) groups is 2. The first-order chi connectivity index (χ1) is 16.9. The van der Waals surface area contributed by atoms with Crippen LogP contribution < -0.4 is 10.0 Å². The van der Waals surface area contributed by atoms with Gasteiger partial charge in [0, 0.05) is 39.4 Å². The number of anilines is 1. The molecule has 4 aromatic rings. The molecule has 8 nitrogen and oxygen atoms in total. The van der Waals surface area contributed by atoms with E-state index in [1.54, 1.807) is 30.3 Å². The second-order valence-electron chi connectivity index (χ2n) is 7.78. The summed E-state index contributed by atoms with van der Waals surface area (Å²) in [5, 5.41) is 5.78. The Labute approximate surface area is 203 Å². The summed E-state index contributed by atoms with van der Waals surface area (Å²) in [5.74, 6) is -1.39. The SMILES string of the molecule is CCn1c2ccccc2c2cc(NC(=O)COC(=O)CNS(=O)(=O)/C=C/c3ccccc3)ccc21. The molecule has 180 valence electrons. The van der Waals surface area contributed by atoms with E-state index in [2.05, 4.69) is 27.6 Å². The van der Waals surface area contributed by atoms with Crippen LogP contribution in [0.1, 0.15) is 12.5 Å². The summed E-state index contributed by atoms with van der Waals surface area (Å²) in [6.07, 6.45) is 1.41. The smallest absolute Gasteiger partial charge is 0.321 e. The highest BCUT2D eigenvalue weighted by Gasteiger charge is 2.13. The third kappa shape index (κ3) is 5.95. The second-order valence-corrected chi connectivity index (χ2v) is 9.43. The van der Waals surface area contributed by atoms with Gasteiger partial charge in [0.1, 0.15) is 6.54 Å². The van der Waals surface area contributed by atoms with Crippen LogP contribution in [0.2, 0.25) is 0 Å². The Morgan fingerprint density at radius 1 is 0.943 bits per heavy atom. The number of nitrogens with zero attached hydrogens (tertiary/aromatic N) is 1. The minimum atomic E-state index is -3.83. The Morgan fingerprint density at radius 3 is 2.43 bits per heavy atom. The number of nitrogens with one attached hydrogen (secondary N) is 2. The maximum atomic E-state index is 12.3. The number of ether oxygens (including phenoxy) is 1. The molecule has 0 fully saturated rings. The van der Waals surface area contributed by atoms with E-state index in [-0.39, 0.29) is 0 Å². The molecule has 1 aromatic heterocycles. The van der Waals surface area contributed by atoms with Crippen molar-refractivity contribution in [1.29, 1.82) is 0 Å². The van der Waals surface area contributed by atoms with E-state index in [9.17, 15) is 18.0 Å². The zero-order valence-electron chi connectivity index (χ0n) is 19.1. The Bertz CT molecular complexity index is 1510. The average Bonchev–Trinajstić information content (AvgIpc) is 3.19. The van der Waals surface area contributed by atoms with Gasteiger partial charge in [0.2, 0.25) is 10.0 Å². The lowest BCUT2D eigenvalue weighted by Gasteiger charge is -2.08. The topological polar surface area (TPSA) is 106 Å². The zero-order valence-corrected chi connectivity index (χ0v) is 19.9. The van der Waals surface area contributed by atoms with E-state index in [4.69, 9.17) is 4.74 Å². The number of benzene rings is 3. The number of aromatic nitrogens is 1. The highest BCUT2D eigenvalue weighted by molar-refractivity contribution is 7.92. The van der Waals surface area contributed by atoms with Crippen LogP contribution in [0.3, 0.4) is 0 Å². The molecule has 0 aliphatic rings. The van der Waals surface area contributed by atoms with Crippen LogP contribution in [0.15, 0.2) is 78.2 Å². The number of carbonyl (C=O) groups excluding carboxylic acids is 2. The van der Waals surface area contributed by atoms with Gasteiger partial charge in [0.15, 0.2) is 6.61 Å². The minimum absolute atomic E-state index is 0.524. The van der Waals surface area contributed by atoms with E-state index < -0.39 is 35.1 Å². The second kappa shape index (κ2) is 10.5. The third-order valence-electron chi connectivity index (χ3n) is 5.39. The molecular weight excluding hydrogens is 466 g/mol. The zero-order chi connectivity index (χ0) is 24.8. The molecule has 1 amide bonds. The van der Waals surface area contributed by atoms with Crippen LogP contribution in [0, 0.1) is 0 Å². The molecule has 0 saturated heterocycles. The first kappa shape index (κ1) is 24.2.